The highest BCUT2D eigenvalue weighted by Gasteiger charge is 2.12. The molecular weight excluding hydrogens is 464 g/mol. The molecule has 1 aromatic heterocycles. The number of ether oxygens (including phenoxy) is 1. The number of rotatable bonds is 5. The fourth-order valence-electron chi connectivity index (χ4n) is 2.38. The van der Waals surface area contributed by atoms with E-state index in [-0.39, 0.29) is 5.91 Å². The minimum Gasteiger partial charge on any atom is -0.489 e. The fraction of sp³-hybridized carbons (Fsp3) is 0.158. The number of benzene rings is 2. The quantitative estimate of drug-likeness (QED) is 0.513. The molecule has 0 saturated carbocycles. The summed E-state index contributed by atoms with van der Waals surface area (Å²) in [5, 5.41) is 6.79. The van der Waals surface area contributed by atoms with Gasteiger partial charge in [0.15, 0.2) is 0 Å². The largest absolute Gasteiger partial charge is 0.489 e. The van der Waals surface area contributed by atoms with Crippen LogP contribution in [0.1, 0.15) is 27.4 Å². The third kappa shape index (κ3) is 4.34. The number of nitrogens with zero attached hydrogens (tertiary/aromatic N) is 1. The number of nitrogens with one attached hydrogen (secondary N) is 1. The average Bonchev–Trinajstić information content (AvgIpc) is 2.94. The highest BCUT2D eigenvalue weighted by molar-refractivity contribution is 9.11. The van der Waals surface area contributed by atoms with Crippen LogP contribution in [0.25, 0.3) is 0 Å². The van der Waals surface area contributed by atoms with Crippen LogP contribution in [0.3, 0.4) is 0 Å². The molecule has 0 radical (unpaired) electrons. The zero-order chi connectivity index (χ0) is 18.7. The summed E-state index contributed by atoms with van der Waals surface area (Å²) in [5.74, 6) is 1.12. The Hall–Kier alpha value is -2.12. The fourth-order valence-corrected chi connectivity index (χ4v) is 3.52. The zero-order valence-electron chi connectivity index (χ0n) is 14.2. The van der Waals surface area contributed by atoms with Gasteiger partial charge in [-0.15, -0.1) is 0 Å². The van der Waals surface area contributed by atoms with E-state index >= 15 is 0 Å². The van der Waals surface area contributed by atoms with E-state index in [9.17, 15) is 4.79 Å². The van der Waals surface area contributed by atoms with E-state index in [0.29, 0.717) is 23.6 Å². The summed E-state index contributed by atoms with van der Waals surface area (Å²) >= 11 is 6.83. The van der Waals surface area contributed by atoms with Crippen LogP contribution in [-0.4, -0.2) is 11.1 Å². The molecule has 0 atom stereocenters. The summed E-state index contributed by atoms with van der Waals surface area (Å²) in [7, 11) is 0. The van der Waals surface area contributed by atoms with Crippen molar-refractivity contribution < 1.29 is 14.1 Å². The number of amides is 1. The third-order valence-electron chi connectivity index (χ3n) is 3.84. The molecule has 1 amide bonds. The molecule has 1 heterocycles. The smallest absolute Gasteiger partial charge is 0.255 e. The van der Waals surface area contributed by atoms with E-state index in [4.69, 9.17) is 9.26 Å². The van der Waals surface area contributed by atoms with Crippen molar-refractivity contribution in [2.45, 2.75) is 20.5 Å². The Kier molecular flexibility index (Phi) is 5.78. The van der Waals surface area contributed by atoms with Crippen LogP contribution in [0, 0.1) is 13.8 Å². The Morgan fingerprint density at radius 1 is 1.19 bits per heavy atom. The van der Waals surface area contributed by atoms with E-state index in [1.54, 1.807) is 18.2 Å². The van der Waals surface area contributed by atoms with Crippen LogP contribution in [-0.2, 0) is 6.61 Å². The summed E-state index contributed by atoms with van der Waals surface area (Å²) < 4.78 is 12.7. The first kappa shape index (κ1) is 18.7. The van der Waals surface area contributed by atoms with Crippen LogP contribution in [0.2, 0.25) is 0 Å². The van der Waals surface area contributed by atoms with Gasteiger partial charge in [0, 0.05) is 14.5 Å². The number of aryl methyl sites for hydroxylation is 2. The first-order valence-corrected chi connectivity index (χ1v) is 9.43. The van der Waals surface area contributed by atoms with Gasteiger partial charge in [-0.25, -0.2) is 0 Å². The van der Waals surface area contributed by atoms with Crippen LogP contribution in [0.5, 0.6) is 5.75 Å². The Morgan fingerprint density at radius 2 is 2.00 bits per heavy atom. The molecule has 7 heteroatoms. The lowest BCUT2D eigenvalue weighted by Crippen LogP contribution is -2.12. The molecule has 0 bridgehead atoms. The standard InChI is InChI=1S/C19H16Br2N2O3/c1-11-16(12(2)26-23-11)10-25-15-5-3-4-13(8-15)19(24)22-18-7-6-14(20)9-17(18)21/h3-9H,10H2,1-2H3,(H,22,24). The molecule has 0 aliphatic heterocycles. The minimum atomic E-state index is -0.212. The lowest BCUT2D eigenvalue weighted by Gasteiger charge is -2.10. The number of halogens is 2. The molecule has 0 spiro atoms. The van der Waals surface area contributed by atoms with Crippen LogP contribution in [0.4, 0.5) is 5.69 Å². The number of aromatic nitrogens is 1. The van der Waals surface area contributed by atoms with Crippen LogP contribution < -0.4 is 10.1 Å². The van der Waals surface area contributed by atoms with E-state index in [1.165, 1.54) is 0 Å². The number of hydrogen-bond acceptors (Lipinski definition) is 4. The summed E-state index contributed by atoms with van der Waals surface area (Å²) in [6, 6.07) is 12.6. The number of carbonyl (C=O) groups excluding carboxylic acids is 1. The van der Waals surface area contributed by atoms with Gasteiger partial charge in [-0.3, -0.25) is 4.79 Å². The molecular formula is C19H16Br2N2O3. The monoisotopic (exact) mass is 478 g/mol. The Morgan fingerprint density at radius 3 is 2.69 bits per heavy atom. The Labute approximate surface area is 168 Å². The SMILES string of the molecule is Cc1noc(C)c1COc1cccc(C(=O)Nc2ccc(Br)cc2Br)c1. The normalized spacial score (nSPS) is 10.6. The van der Waals surface area contributed by atoms with Crippen molar-refractivity contribution in [1.29, 1.82) is 0 Å². The molecule has 134 valence electrons. The maximum Gasteiger partial charge on any atom is 0.255 e. The molecule has 0 aliphatic rings. The maximum atomic E-state index is 12.5. The van der Waals surface area contributed by atoms with E-state index in [1.807, 2.05) is 38.1 Å². The first-order valence-electron chi connectivity index (χ1n) is 7.85. The van der Waals surface area contributed by atoms with Crippen molar-refractivity contribution in [3.8, 4) is 5.75 Å². The highest BCUT2D eigenvalue weighted by Crippen LogP contribution is 2.27. The number of anilines is 1. The molecule has 0 unspecified atom stereocenters. The van der Waals surface area contributed by atoms with E-state index < -0.39 is 0 Å². The highest BCUT2D eigenvalue weighted by atomic mass is 79.9. The average molecular weight is 480 g/mol. The van der Waals surface area contributed by atoms with Crippen molar-refractivity contribution in [3.05, 3.63) is 74.0 Å². The van der Waals surface area contributed by atoms with Crippen molar-refractivity contribution in [1.82, 2.24) is 5.16 Å². The van der Waals surface area contributed by atoms with Gasteiger partial charge in [0.25, 0.3) is 5.91 Å². The van der Waals surface area contributed by atoms with Gasteiger partial charge in [0.2, 0.25) is 0 Å². The molecule has 3 aromatic rings. The van der Waals surface area contributed by atoms with Crippen LogP contribution in [0.15, 0.2) is 55.9 Å². The predicted octanol–water partition coefficient (Wildman–Crippen LogP) is 5.65. The second-order valence-electron chi connectivity index (χ2n) is 5.70. The minimum absolute atomic E-state index is 0.212. The van der Waals surface area contributed by atoms with Crippen molar-refractivity contribution in [2.75, 3.05) is 5.32 Å². The van der Waals surface area contributed by atoms with Crippen molar-refractivity contribution in [2.24, 2.45) is 0 Å². The second-order valence-corrected chi connectivity index (χ2v) is 7.47. The lowest BCUT2D eigenvalue weighted by atomic mass is 10.2. The van der Waals surface area contributed by atoms with Crippen molar-refractivity contribution >= 4 is 43.5 Å². The van der Waals surface area contributed by atoms with Gasteiger partial charge in [-0.2, -0.15) is 0 Å². The van der Waals surface area contributed by atoms with Gasteiger partial charge in [-0.1, -0.05) is 27.2 Å². The first-order chi connectivity index (χ1) is 12.4. The second kappa shape index (κ2) is 8.05. The maximum absolute atomic E-state index is 12.5. The van der Waals surface area contributed by atoms with E-state index in [0.717, 1.165) is 26.0 Å². The number of hydrogen-bond donors (Lipinski definition) is 1. The van der Waals surface area contributed by atoms with E-state index in [2.05, 4.69) is 42.3 Å². The van der Waals surface area contributed by atoms with Gasteiger partial charge >= 0.3 is 0 Å². The van der Waals surface area contributed by atoms with Gasteiger partial charge in [0.1, 0.15) is 18.1 Å². The summed E-state index contributed by atoms with van der Waals surface area (Å²) in [5.41, 5.74) is 2.92. The molecule has 2 aromatic carbocycles. The summed E-state index contributed by atoms with van der Waals surface area (Å²) in [4.78, 5) is 12.5. The summed E-state index contributed by atoms with van der Waals surface area (Å²) in [6.45, 7) is 4.05. The molecule has 5 nitrogen and oxygen atoms in total. The molecule has 3 rings (SSSR count). The molecule has 1 N–H and O–H groups in total. The predicted molar refractivity (Wildman–Crippen MR) is 107 cm³/mol. The van der Waals surface area contributed by atoms with Gasteiger partial charge in [0.05, 0.1) is 16.9 Å². The number of carbonyl (C=O) groups is 1. The van der Waals surface area contributed by atoms with Gasteiger partial charge < -0.3 is 14.6 Å². The van der Waals surface area contributed by atoms with Gasteiger partial charge in [-0.05, 0) is 66.2 Å². The van der Waals surface area contributed by atoms with Crippen LogP contribution >= 0.6 is 31.9 Å². The lowest BCUT2D eigenvalue weighted by molar-refractivity contribution is 0.102. The molecule has 0 saturated heterocycles. The third-order valence-corrected chi connectivity index (χ3v) is 4.99. The topological polar surface area (TPSA) is 64.4 Å². The van der Waals surface area contributed by atoms with Crippen molar-refractivity contribution in [3.63, 3.8) is 0 Å². The molecule has 26 heavy (non-hydrogen) atoms. The summed E-state index contributed by atoms with van der Waals surface area (Å²) in [6.07, 6.45) is 0. The molecule has 0 aliphatic carbocycles. The zero-order valence-corrected chi connectivity index (χ0v) is 17.3. The molecule has 0 fully saturated rings. The Balaban J connectivity index is 1.71. The Bertz CT molecular complexity index is 934.